The van der Waals surface area contributed by atoms with Gasteiger partial charge in [0.15, 0.2) is 0 Å². The summed E-state index contributed by atoms with van der Waals surface area (Å²) in [5.41, 5.74) is 2.35. The maximum absolute atomic E-state index is 15.7. The van der Waals surface area contributed by atoms with Crippen LogP contribution in [-0.4, -0.2) is 48.3 Å². The molecule has 4 rings (SSSR count). The molecule has 1 saturated heterocycles. The van der Waals surface area contributed by atoms with Crippen LogP contribution in [0, 0.1) is 5.41 Å². The second kappa shape index (κ2) is 11.9. The predicted molar refractivity (Wildman–Crippen MR) is 136 cm³/mol. The molecule has 3 aromatic rings. The topological polar surface area (TPSA) is 45.6 Å². The highest BCUT2D eigenvalue weighted by Gasteiger charge is 2.35. The SMILES string of the molecule is COc1ccc2ncc(CF)c([C@@H](F)CCC3(CO)CCN(CCCc4ccccc4)CC3)c2c1. The number of methoxy groups -OCH3 is 1. The molecule has 0 amide bonds. The number of aliphatic hydroxyl groups excluding tert-OH is 1. The molecule has 1 N–H and O–H groups in total. The lowest BCUT2D eigenvalue weighted by molar-refractivity contribution is 0.0299. The number of hydrogen-bond acceptors (Lipinski definition) is 4. The van der Waals surface area contributed by atoms with Crippen LogP contribution in [-0.2, 0) is 13.1 Å². The van der Waals surface area contributed by atoms with Crippen LogP contribution in [0.1, 0.15) is 55.0 Å². The third-order valence-electron chi connectivity index (χ3n) is 7.62. The first-order valence-electron chi connectivity index (χ1n) is 12.6. The van der Waals surface area contributed by atoms with Crippen LogP contribution < -0.4 is 4.74 Å². The number of fused-ring (bicyclic) bond motifs is 1. The minimum absolute atomic E-state index is 0.0540. The van der Waals surface area contributed by atoms with Gasteiger partial charge in [-0.25, -0.2) is 8.78 Å². The van der Waals surface area contributed by atoms with Gasteiger partial charge in [0.1, 0.15) is 18.6 Å². The molecule has 4 nitrogen and oxygen atoms in total. The van der Waals surface area contributed by atoms with E-state index < -0.39 is 12.8 Å². The summed E-state index contributed by atoms with van der Waals surface area (Å²) in [7, 11) is 1.55. The number of likely N-dealkylation sites (tertiary alicyclic amines) is 1. The fourth-order valence-corrected chi connectivity index (χ4v) is 5.30. The average Bonchev–Trinajstić information content (AvgIpc) is 2.92. The molecule has 0 unspecified atom stereocenters. The third kappa shape index (κ3) is 6.17. The Kier molecular flexibility index (Phi) is 8.69. The molecule has 0 bridgehead atoms. The van der Waals surface area contributed by atoms with E-state index in [1.165, 1.54) is 11.8 Å². The number of aromatic nitrogens is 1. The van der Waals surface area contributed by atoms with Crippen LogP contribution in [0.4, 0.5) is 8.78 Å². The molecule has 1 aliphatic rings. The smallest absolute Gasteiger partial charge is 0.126 e. The fraction of sp³-hybridized carbons (Fsp3) is 0.483. The number of rotatable bonds is 11. The lowest BCUT2D eigenvalue weighted by Gasteiger charge is -2.41. The first-order valence-corrected chi connectivity index (χ1v) is 12.6. The van der Waals surface area contributed by atoms with Crippen LogP contribution in [0.3, 0.4) is 0 Å². The minimum Gasteiger partial charge on any atom is -0.497 e. The summed E-state index contributed by atoms with van der Waals surface area (Å²) in [6.45, 7) is 2.15. The number of nitrogens with zero attached hydrogens (tertiary/aromatic N) is 2. The standard InChI is InChI=1S/C29H36F2N2O2/c1-35-24-9-10-27-25(18-24)28(23(19-30)20-32-27)26(31)11-12-29(21-34)13-16-33(17-14-29)15-5-8-22-6-3-2-4-7-22/h2-4,6-7,9-10,18,20,26,34H,5,8,11-17,19,21H2,1H3/t26-/m0/s1. The van der Waals surface area contributed by atoms with Crippen LogP contribution in [0.5, 0.6) is 5.75 Å². The lowest BCUT2D eigenvalue weighted by Crippen LogP contribution is -2.42. The van der Waals surface area contributed by atoms with Crippen molar-refractivity contribution in [2.24, 2.45) is 5.41 Å². The van der Waals surface area contributed by atoms with Gasteiger partial charge in [0.05, 0.1) is 12.6 Å². The maximum atomic E-state index is 15.7. The number of hydrogen-bond donors (Lipinski definition) is 1. The summed E-state index contributed by atoms with van der Waals surface area (Å²) in [4.78, 5) is 6.75. The lowest BCUT2D eigenvalue weighted by atomic mass is 9.74. The monoisotopic (exact) mass is 482 g/mol. The highest BCUT2D eigenvalue weighted by Crippen LogP contribution is 2.41. The zero-order valence-corrected chi connectivity index (χ0v) is 20.6. The molecular formula is C29H36F2N2O2. The van der Waals surface area contributed by atoms with E-state index in [0.717, 1.165) is 45.3 Å². The Morgan fingerprint density at radius 2 is 1.91 bits per heavy atom. The fourth-order valence-electron chi connectivity index (χ4n) is 5.30. The van der Waals surface area contributed by atoms with Gasteiger partial charge in [0.2, 0.25) is 0 Å². The molecule has 1 aliphatic heterocycles. The van der Waals surface area contributed by atoms with E-state index in [4.69, 9.17) is 4.74 Å². The van der Waals surface area contributed by atoms with Gasteiger partial charge < -0.3 is 14.7 Å². The molecule has 35 heavy (non-hydrogen) atoms. The number of ether oxygens (including phenoxy) is 1. The second-order valence-electron chi connectivity index (χ2n) is 9.81. The molecule has 0 saturated carbocycles. The average molecular weight is 483 g/mol. The third-order valence-corrected chi connectivity index (χ3v) is 7.62. The van der Waals surface area contributed by atoms with Gasteiger partial charge >= 0.3 is 0 Å². The van der Waals surface area contributed by atoms with Gasteiger partial charge in [0.25, 0.3) is 0 Å². The van der Waals surface area contributed by atoms with Crippen LogP contribution in [0.25, 0.3) is 10.9 Å². The summed E-state index contributed by atoms with van der Waals surface area (Å²) in [5.74, 6) is 0.593. The molecule has 0 radical (unpaired) electrons. The number of pyridine rings is 1. The molecule has 2 aromatic carbocycles. The highest BCUT2D eigenvalue weighted by atomic mass is 19.1. The Morgan fingerprint density at radius 3 is 2.60 bits per heavy atom. The van der Waals surface area contributed by atoms with Gasteiger partial charge in [-0.05, 0) is 87.3 Å². The summed E-state index contributed by atoms with van der Waals surface area (Å²) >= 11 is 0. The van der Waals surface area contributed by atoms with Crippen LogP contribution in [0.2, 0.25) is 0 Å². The van der Waals surface area contributed by atoms with Crippen molar-refractivity contribution in [1.29, 1.82) is 0 Å². The zero-order valence-electron chi connectivity index (χ0n) is 20.6. The van der Waals surface area contributed by atoms with E-state index in [1.807, 2.05) is 6.07 Å². The Hall–Kier alpha value is -2.57. The molecule has 188 valence electrons. The molecule has 1 aromatic heterocycles. The van der Waals surface area contributed by atoms with Gasteiger partial charge in [-0.3, -0.25) is 4.98 Å². The van der Waals surface area contributed by atoms with Crippen molar-refractivity contribution in [2.75, 3.05) is 33.4 Å². The number of benzene rings is 2. The van der Waals surface area contributed by atoms with E-state index in [-0.39, 0.29) is 24.0 Å². The van der Waals surface area contributed by atoms with Crippen molar-refractivity contribution in [2.45, 2.75) is 51.4 Å². The van der Waals surface area contributed by atoms with Crippen molar-refractivity contribution in [3.05, 3.63) is 71.4 Å². The summed E-state index contributed by atoms with van der Waals surface area (Å²) in [6.07, 6.45) is 4.80. The van der Waals surface area contributed by atoms with Crippen LogP contribution in [0.15, 0.2) is 54.7 Å². The minimum atomic E-state index is -1.33. The molecule has 1 fully saturated rings. The summed E-state index contributed by atoms with van der Waals surface area (Å²) in [6, 6.07) is 15.8. The van der Waals surface area contributed by atoms with E-state index in [0.29, 0.717) is 28.6 Å². The number of aliphatic hydroxyl groups is 1. The van der Waals surface area contributed by atoms with E-state index in [1.54, 1.807) is 25.3 Å². The maximum Gasteiger partial charge on any atom is 0.126 e. The Balaban J connectivity index is 1.36. The van der Waals surface area contributed by atoms with E-state index in [2.05, 4.69) is 34.1 Å². The molecule has 2 heterocycles. The quantitative estimate of drug-likeness (QED) is 0.353. The van der Waals surface area contributed by atoms with Crippen molar-refractivity contribution in [3.63, 3.8) is 0 Å². The number of halogens is 2. The van der Waals surface area contributed by atoms with Crippen LogP contribution >= 0.6 is 0 Å². The summed E-state index contributed by atoms with van der Waals surface area (Å²) in [5, 5.41) is 10.8. The van der Waals surface area contributed by atoms with Crippen molar-refractivity contribution in [3.8, 4) is 5.75 Å². The Bertz CT molecular complexity index is 1080. The molecule has 1 atom stereocenters. The normalized spacial score (nSPS) is 16.9. The highest BCUT2D eigenvalue weighted by molar-refractivity contribution is 5.85. The van der Waals surface area contributed by atoms with E-state index >= 15 is 4.39 Å². The van der Waals surface area contributed by atoms with Crippen molar-refractivity contribution in [1.82, 2.24) is 9.88 Å². The van der Waals surface area contributed by atoms with Crippen molar-refractivity contribution < 1.29 is 18.6 Å². The zero-order chi connectivity index (χ0) is 24.7. The first-order chi connectivity index (χ1) is 17.1. The molecule has 0 spiro atoms. The van der Waals surface area contributed by atoms with Gasteiger partial charge in [-0.1, -0.05) is 30.3 Å². The Morgan fingerprint density at radius 1 is 1.14 bits per heavy atom. The van der Waals surface area contributed by atoms with Gasteiger partial charge in [0, 0.05) is 29.3 Å². The summed E-state index contributed by atoms with van der Waals surface area (Å²) < 4.78 is 34.8. The van der Waals surface area contributed by atoms with Gasteiger partial charge in [-0.2, -0.15) is 0 Å². The number of alkyl halides is 2. The predicted octanol–water partition coefficient (Wildman–Crippen LogP) is 6.21. The van der Waals surface area contributed by atoms with Gasteiger partial charge in [-0.15, -0.1) is 0 Å². The molecule has 0 aliphatic carbocycles. The number of piperidine rings is 1. The molecular weight excluding hydrogens is 446 g/mol. The second-order valence-corrected chi connectivity index (χ2v) is 9.81. The number of aryl methyl sites for hydroxylation is 1. The van der Waals surface area contributed by atoms with Crippen molar-refractivity contribution >= 4 is 10.9 Å². The Labute approximate surface area is 206 Å². The largest absolute Gasteiger partial charge is 0.497 e. The molecule has 6 heteroatoms. The first kappa shape index (κ1) is 25.5. The van der Waals surface area contributed by atoms with E-state index in [9.17, 15) is 9.50 Å².